The zero-order chi connectivity index (χ0) is 15.2. The molecule has 7 nitrogen and oxygen atoms in total. The van der Waals surface area contributed by atoms with Gasteiger partial charge in [-0.1, -0.05) is 11.8 Å². The quantitative estimate of drug-likeness (QED) is 0.620. The van der Waals surface area contributed by atoms with E-state index in [0.29, 0.717) is 17.5 Å². The van der Waals surface area contributed by atoms with Crippen LogP contribution in [0.5, 0.6) is 5.75 Å². The van der Waals surface area contributed by atoms with Crippen molar-refractivity contribution in [3.05, 3.63) is 30.6 Å². The number of carbonyl (C=O) groups is 1. The highest BCUT2D eigenvalue weighted by atomic mass is 32.2. The third kappa shape index (κ3) is 4.12. The molecule has 0 fully saturated rings. The van der Waals surface area contributed by atoms with Gasteiger partial charge in [0.15, 0.2) is 0 Å². The van der Waals surface area contributed by atoms with Gasteiger partial charge in [-0.2, -0.15) is 0 Å². The van der Waals surface area contributed by atoms with Gasteiger partial charge in [0.25, 0.3) is 0 Å². The molecule has 0 bridgehead atoms. The molecule has 112 valence electrons. The van der Waals surface area contributed by atoms with E-state index < -0.39 is 0 Å². The van der Waals surface area contributed by atoms with Crippen LogP contribution in [0.15, 0.2) is 35.7 Å². The highest BCUT2D eigenvalue weighted by molar-refractivity contribution is 8.00. The molecule has 1 unspecified atom stereocenters. The van der Waals surface area contributed by atoms with Crippen LogP contribution in [0.25, 0.3) is 0 Å². The Bertz CT molecular complexity index is 599. The molecular weight excluding hydrogens is 290 g/mol. The first kappa shape index (κ1) is 15.2. The lowest BCUT2D eigenvalue weighted by Gasteiger charge is -2.11. The molecule has 1 aromatic heterocycles. The largest absolute Gasteiger partial charge is 0.494 e. The van der Waals surface area contributed by atoms with Gasteiger partial charge >= 0.3 is 0 Å². The van der Waals surface area contributed by atoms with Gasteiger partial charge in [0.2, 0.25) is 11.1 Å². The van der Waals surface area contributed by atoms with E-state index in [1.54, 1.807) is 19.1 Å². The van der Waals surface area contributed by atoms with Crippen LogP contribution in [-0.2, 0) is 4.79 Å². The number of amides is 1. The van der Waals surface area contributed by atoms with Crippen molar-refractivity contribution in [1.82, 2.24) is 14.9 Å². The second kappa shape index (κ2) is 6.98. The van der Waals surface area contributed by atoms with Crippen LogP contribution >= 0.6 is 11.8 Å². The van der Waals surface area contributed by atoms with Crippen molar-refractivity contribution in [2.45, 2.75) is 24.3 Å². The highest BCUT2D eigenvalue weighted by Crippen LogP contribution is 2.21. The van der Waals surface area contributed by atoms with Gasteiger partial charge < -0.3 is 15.9 Å². The van der Waals surface area contributed by atoms with Crippen molar-refractivity contribution in [3.63, 3.8) is 0 Å². The van der Waals surface area contributed by atoms with E-state index in [0.717, 1.165) is 5.75 Å². The van der Waals surface area contributed by atoms with Crippen molar-refractivity contribution >= 4 is 23.4 Å². The summed E-state index contributed by atoms with van der Waals surface area (Å²) in [6.07, 6.45) is 1.39. The van der Waals surface area contributed by atoms with Crippen LogP contribution in [0.1, 0.15) is 13.8 Å². The molecule has 1 aromatic carbocycles. The van der Waals surface area contributed by atoms with Crippen LogP contribution in [0.2, 0.25) is 0 Å². The Hall–Kier alpha value is -2.22. The fourth-order valence-electron chi connectivity index (χ4n) is 1.57. The molecule has 0 aliphatic rings. The molecule has 0 aliphatic carbocycles. The van der Waals surface area contributed by atoms with E-state index in [4.69, 9.17) is 10.6 Å². The summed E-state index contributed by atoms with van der Waals surface area (Å²) in [5.41, 5.74) is 0.713. The van der Waals surface area contributed by atoms with Gasteiger partial charge in [-0.05, 0) is 38.1 Å². The second-order valence-corrected chi connectivity index (χ2v) is 5.54. The minimum Gasteiger partial charge on any atom is -0.494 e. The number of hydrogen-bond donors (Lipinski definition) is 2. The summed E-state index contributed by atoms with van der Waals surface area (Å²) >= 11 is 1.24. The van der Waals surface area contributed by atoms with E-state index in [-0.39, 0.29) is 11.2 Å². The lowest BCUT2D eigenvalue weighted by molar-refractivity contribution is -0.115. The summed E-state index contributed by atoms with van der Waals surface area (Å²) in [5, 5.41) is 10.5. The molecule has 0 aliphatic heterocycles. The first-order valence-electron chi connectivity index (χ1n) is 6.45. The number of aromatic nitrogens is 3. The molecule has 2 rings (SSSR count). The monoisotopic (exact) mass is 307 g/mol. The van der Waals surface area contributed by atoms with E-state index in [2.05, 4.69) is 15.5 Å². The van der Waals surface area contributed by atoms with E-state index in [9.17, 15) is 4.79 Å². The second-order valence-electron chi connectivity index (χ2n) is 4.23. The summed E-state index contributed by atoms with van der Waals surface area (Å²) in [7, 11) is 0. The summed E-state index contributed by atoms with van der Waals surface area (Å²) in [6, 6.07) is 7.22. The van der Waals surface area contributed by atoms with E-state index >= 15 is 0 Å². The normalized spacial score (nSPS) is 11.9. The smallest absolute Gasteiger partial charge is 0.237 e. The minimum atomic E-state index is -0.344. The molecule has 8 heteroatoms. The van der Waals surface area contributed by atoms with Crippen molar-refractivity contribution in [2.24, 2.45) is 0 Å². The fraction of sp³-hybridized carbons (Fsp3) is 0.308. The van der Waals surface area contributed by atoms with Crippen LogP contribution in [-0.4, -0.2) is 32.6 Å². The Morgan fingerprint density at radius 1 is 1.48 bits per heavy atom. The first-order valence-corrected chi connectivity index (χ1v) is 7.33. The average Bonchev–Trinajstić information content (AvgIpc) is 2.86. The number of carbonyl (C=O) groups excluding carboxylic acids is 1. The maximum atomic E-state index is 12.1. The van der Waals surface area contributed by atoms with Gasteiger partial charge in [-0.25, -0.2) is 4.68 Å². The van der Waals surface area contributed by atoms with Crippen LogP contribution in [0.4, 0.5) is 5.69 Å². The Kier molecular flexibility index (Phi) is 5.04. The number of hydrogen-bond acceptors (Lipinski definition) is 6. The van der Waals surface area contributed by atoms with Crippen molar-refractivity contribution in [1.29, 1.82) is 0 Å². The molecule has 0 radical (unpaired) electrons. The standard InChI is InChI=1S/C13H17N5O2S/c1-3-20-11-6-4-10(5-7-11)16-12(19)9(2)21-13-17-15-8-18(13)14/h4-9H,3,14H2,1-2H3,(H,16,19). The highest BCUT2D eigenvalue weighted by Gasteiger charge is 2.17. The summed E-state index contributed by atoms with van der Waals surface area (Å²) in [5.74, 6) is 6.25. The number of anilines is 1. The number of benzene rings is 1. The van der Waals surface area contributed by atoms with Gasteiger partial charge in [-0.15, -0.1) is 10.2 Å². The zero-order valence-corrected chi connectivity index (χ0v) is 12.6. The first-order chi connectivity index (χ1) is 10.1. The van der Waals surface area contributed by atoms with Crippen molar-refractivity contribution < 1.29 is 9.53 Å². The van der Waals surface area contributed by atoms with Crippen molar-refractivity contribution in [2.75, 3.05) is 17.8 Å². The Morgan fingerprint density at radius 3 is 2.76 bits per heavy atom. The number of nitrogens with two attached hydrogens (primary N) is 1. The van der Waals surface area contributed by atoms with E-state index in [1.807, 2.05) is 19.1 Å². The third-order valence-corrected chi connectivity index (χ3v) is 3.70. The third-order valence-electron chi connectivity index (χ3n) is 2.62. The molecule has 1 atom stereocenters. The van der Waals surface area contributed by atoms with E-state index in [1.165, 1.54) is 22.8 Å². The van der Waals surface area contributed by atoms with Crippen LogP contribution in [0, 0.1) is 0 Å². The number of nitrogen functional groups attached to an aromatic ring is 1. The molecule has 0 spiro atoms. The molecule has 1 amide bonds. The molecule has 2 aromatic rings. The fourth-order valence-corrected chi connectivity index (χ4v) is 2.32. The van der Waals surface area contributed by atoms with Gasteiger partial charge in [0, 0.05) is 5.69 Å². The number of rotatable bonds is 6. The molecular formula is C13H17N5O2S. The molecule has 3 N–H and O–H groups in total. The zero-order valence-electron chi connectivity index (χ0n) is 11.8. The number of nitrogens with one attached hydrogen (secondary N) is 1. The number of thioether (sulfide) groups is 1. The summed E-state index contributed by atoms with van der Waals surface area (Å²) in [6.45, 7) is 4.31. The van der Waals surface area contributed by atoms with Gasteiger partial charge in [-0.3, -0.25) is 4.79 Å². The lowest BCUT2D eigenvalue weighted by atomic mass is 10.3. The van der Waals surface area contributed by atoms with Gasteiger partial charge in [0.05, 0.1) is 11.9 Å². The maximum absolute atomic E-state index is 12.1. The average molecular weight is 307 g/mol. The minimum absolute atomic E-state index is 0.132. The molecule has 0 saturated heterocycles. The molecule has 0 saturated carbocycles. The maximum Gasteiger partial charge on any atom is 0.237 e. The Morgan fingerprint density at radius 2 is 2.19 bits per heavy atom. The lowest BCUT2D eigenvalue weighted by Crippen LogP contribution is -2.23. The molecule has 1 heterocycles. The predicted octanol–water partition coefficient (Wildman–Crippen LogP) is 1.51. The van der Waals surface area contributed by atoms with Crippen LogP contribution in [0.3, 0.4) is 0 Å². The Balaban J connectivity index is 1.92. The van der Waals surface area contributed by atoms with Crippen LogP contribution < -0.4 is 15.9 Å². The predicted molar refractivity (Wildman–Crippen MR) is 81.7 cm³/mol. The summed E-state index contributed by atoms with van der Waals surface area (Å²) in [4.78, 5) is 12.1. The number of ether oxygens (including phenoxy) is 1. The topological polar surface area (TPSA) is 95.1 Å². The molecule has 21 heavy (non-hydrogen) atoms. The Labute approximate surface area is 126 Å². The SMILES string of the molecule is CCOc1ccc(NC(=O)C(C)Sc2nncn2N)cc1. The van der Waals surface area contributed by atoms with Crippen molar-refractivity contribution in [3.8, 4) is 5.75 Å². The number of nitrogens with zero attached hydrogens (tertiary/aromatic N) is 3. The summed E-state index contributed by atoms with van der Waals surface area (Å²) < 4.78 is 6.63. The van der Waals surface area contributed by atoms with Gasteiger partial charge in [0.1, 0.15) is 12.1 Å².